The van der Waals surface area contributed by atoms with E-state index in [9.17, 15) is 13.2 Å². The van der Waals surface area contributed by atoms with E-state index in [-0.39, 0.29) is 0 Å². The number of hydrogen-bond acceptors (Lipinski definition) is 2. The van der Waals surface area contributed by atoms with Gasteiger partial charge in [0.1, 0.15) is 5.75 Å². The van der Waals surface area contributed by atoms with Crippen LogP contribution in [0, 0.1) is 0 Å². The van der Waals surface area contributed by atoms with Gasteiger partial charge in [0.25, 0.3) is 0 Å². The summed E-state index contributed by atoms with van der Waals surface area (Å²) in [6.45, 7) is 2.52. The van der Waals surface area contributed by atoms with Crippen LogP contribution in [-0.2, 0) is 4.74 Å². The van der Waals surface area contributed by atoms with Crippen molar-refractivity contribution < 1.29 is 22.6 Å². The molecule has 0 spiro atoms. The molecule has 0 aliphatic rings. The van der Waals surface area contributed by atoms with Crippen LogP contribution >= 0.6 is 0 Å². The van der Waals surface area contributed by atoms with Crippen molar-refractivity contribution in [2.24, 2.45) is 0 Å². The molecule has 1 atom stereocenters. The monoisotopic (exact) mass is 276 g/mol. The molecule has 0 aromatic heterocycles. The summed E-state index contributed by atoms with van der Waals surface area (Å²) in [5, 5.41) is 0. The van der Waals surface area contributed by atoms with Crippen molar-refractivity contribution in [1.82, 2.24) is 0 Å². The Morgan fingerprint density at radius 1 is 1.21 bits per heavy atom. The smallest absolute Gasteiger partial charge is 0.391 e. The van der Waals surface area contributed by atoms with E-state index < -0.39 is 18.7 Å². The standard InChI is InChI=1S/C14H19F3O2/c1-3-4-9-19-12-8-6-5-7-11(12)13(18-2)10-14(15,16)17/h5-8,13H,3-4,9-10H2,1-2H3. The van der Waals surface area contributed by atoms with Gasteiger partial charge in [-0.3, -0.25) is 0 Å². The number of rotatable bonds is 7. The lowest BCUT2D eigenvalue weighted by Crippen LogP contribution is -2.16. The molecule has 1 aromatic carbocycles. The van der Waals surface area contributed by atoms with Crippen molar-refractivity contribution in [1.29, 1.82) is 0 Å². The maximum atomic E-state index is 12.5. The molecule has 0 fully saturated rings. The highest BCUT2D eigenvalue weighted by Gasteiger charge is 2.33. The lowest BCUT2D eigenvalue weighted by atomic mass is 10.1. The van der Waals surface area contributed by atoms with Gasteiger partial charge in [0.15, 0.2) is 0 Å². The molecule has 0 amide bonds. The van der Waals surface area contributed by atoms with Crippen LogP contribution in [0.4, 0.5) is 13.2 Å². The number of hydrogen-bond donors (Lipinski definition) is 0. The normalized spacial score (nSPS) is 13.3. The Balaban J connectivity index is 2.84. The van der Waals surface area contributed by atoms with Gasteiger partial charge in [-0.15, -0.1) is 0 Å². The molecule has 1 rings (SSSR count). The first-order valence-electron chi connectivity index (χ1n) is 6.29. The van der Waals surface area contributed by atoms with Crippen LogP contribution in [0.3, 0.4) is 0 Å². The molecule has 0 heterocycles. The molecule has 5 heteroatoms. The fraction of sp³-hybridized carbons (Fsp3) is 0.571. The minimum absolute atomic E-state index is 0.443. The number of benzene rings is 1. The Kier molecular flexibility index (Phi) is 6.15. The van der Waals surface area contributed by atoms with Crippen molar-refractivity contribution in [3.63, 3.8) is 0 Å². The number of methoxy groups -OCH3 is 1. The third-order valence-corrected chi connectivity index (χ3v) is 2.72. The van der Waals surface area contributed by atoms with Gasteiger partial charge in [-0.25, -0.2) is 0 Å². The molecule has 1 aromatic rings. The minimum Gasteiger partial charge on any atom is -0.493 e. The maximum absolute atomic E-state index is 12.5. The summed E-state index contributed by atoms with van der Waals surface area (Å²) in [6, 6.07) is 6.71. The van der Waals surface area contributed by atoms with Crippen LogP contribution in [0.2, 0.25) is 0 Å². The summed E-state index contributed by atoms with van der Waals surface area (Å²) in [5.74, 6) is 0.465. The van der Waals surface area contributed by atoms with Crippen LogP contribution < -0.4 is 4.74 Å². The molecule has 0 aliphatic carbocycles. The average Bonchev–Trinajstić information content (AvgIpc) is 2.36. The molecule has 19 heavy (non-hydrogen) atoms. The molecule has 0 N–H and O–H groups in total. The first-order valence-corrected chi connectivity index (χ1v) is 6.29. The molecule has 108 valence electrons. The van der Waals surface area contributed by atoms with Gasteiger partial charge in [-0.2, -0.15) is 13.2 Å². The summed E-state index contributed by atoms with van der Waals surface area (Å²) in [5.41, 5.74) is 0.443. The highest BCUT2D eigenvalue weighted by Crippen LogP contribution is 2.35. The molecule has 2 nitrogen and oxygen atoms in total. The van der Waals surface area contributed by atoms with Crippen LogP contribution in [0.5, 0.6) is 5.75 Å². The quantitative estimate of drug-likeness (QED) is 0.682. The first kappa shape index (κ1) is 15.8. The Hall–Kier alpha value is -1.23. The van der Waals surface area contributed by atoms with E-state index in [0.717, 1.165) is 12.8 Å². The van der Waals surface area contributed by atoms with E-state index in [2.05, 4.69) is 0 Å². The third kappa shape index (κ3) is 5.51. The summed E-state index contributed by atoms with van der Waals surface area (Å²) < 4.78 is 48.0. The molecular weight excluding hydrogens is 257 g/mol. The molecule has 0 saturated heterocycles. The van der Waals surface area contributed by atoms with E-state index in [1.807, 2.05) is 6.92 Å². The lowest BCUT2D eigenvalue weighted by Gasteiger charge is -2.20. The second kappa shape index (κ2) is 7.38. The Labute approximate surface area is 111 Å². The molecule has 0 bridgehead atoms. The summed E-state index contributed by atoms with van der Waals surface area (Å²) in [4.78, 5) is 0. The van der Waals surface area contributed by atoms with Crippen molar-refractivity contribution >= 4 is 0 Å². The van der Waals surface area contributed by atoms with Gasteiger partial charge in [0.05, 0.1) is 19.1 Å². The number of para-hydroxylation sites is 1. The van der Waals surface area contributed by atoms with E-state index in [1.165, 1.54) is 7.11 Å². The Morgan fingerprint density at radius 3 is 2.47 bits per heavy atom. The van der Waals surface area contributed by atoms with Crippen LogP contribution in [-0.4, -0.2) is 19.9 Å². The zero-order chi connectivity index (χ0) is 14.3. The predicted molar refractivity (Wildman–Crippen MR) is 67.3 cm³/mol. The van der Waals surface area contributed by atoms with Crippen molar-refractivity contribution in [2.75, 3.05) is 13.7 Å². The maximum Gasteiger partial charge on any atom is 0.391 e. The van der Waals surface area contributed by atoms with Crippen LogP contribution in [0.1, 0.15) is 37.9 Å². The Bertz CT molecular complexity index is 377. The summed E-state index contributed by atoms with van der Waals surface area (Å²) in [7, 11) is 1.28. The summed E-state index contributed by atoms with van der Waals surface area (Å²) in [6.07, 6.45) is -4.48. The molecular formula is C14H19F3O2. The highest BCUT2D eigenvalue weighted by atomic mass is 19.4. The fourth-order valence-corrected chi connectivity index (χ4v) is 1.73. The van der Waals surface area contributed by atoms with Gasteiger partial charge >= 0.3 is 6.18 Å². The number of unbranched alkanes of at least 4 members (excludes halogenated alkanes) is 1. The van der Waals surface area contributed by atoms with E-state index in [0.29, 0.717) is 17.9 Å². The van der Waals surface area contributed by atoms with Gasteiger partial charge in [-0.1, -0.05) is 31.5 Å². The van der Waals surface area contributed by atoms with E-state index >= 15 is 0 Å². The minimum atomic E-state index is -4.27. The Morgan fingerprint density at radius 2 is 1.89 bits per heavy atom. The SMILES string of the molecule is CCCCOc1ccccc1C(CC(F)(F)F)OC. The second-order valence-corrected chi connectivity index (χ2v) is 4.28. The second-order valence-electron chi connectivity index (χ2n) is 4.28. The van der Waals surface area contributed by atoms with Crippen molar-refractivity contribution in [3.05, 3.63) is 29.8 Å². The van der Waals surface area contributed by atoms with Gasteiger partial charge < -0.3 is 9.47 Å². The molecule has 0 aliphatic heterocycles. The largest absolute Gasteiger partial charge is 0.493 e. The highest BCUT2D eigenvalue weighted by molar-refractivity contribution is 5.35. The molecule has 1 unspecified atom stereocenters. The lowest BCUT2D eigenvalue weighted by molar-refractivity contribution is -0.158. The average molecular weight is 276 g/mol. The fourth-order valence-electron chi connectivity index (χ4n) is 1.73. The topological polar surface area (TPSA) is 18.5 Å². The molecule has 0 radical (unpaired) electrons. The zero-order valence-corrected chi connectivity index (χ0v) is 11.2. The van der Waals surface area contributed by atoms with Gasteiger partial charge in [0, 0.05) is 12.7 Å². The zero-order valence-electron chi connectivity index (χ0n) is 11.2. The van der Waals surface area contributed by atoms with Crippen molar-refractivity contribution in [2.45, 2.75) is 38.5 Å². The summed E-state index contributed by atoms with van der Waals surface area (Å²) >= 11 is 0. The first-order chi connectivity index (χ1) is 8.98. The van der Waals surface area contributed by atoms with Crippen molar-refractivity contribution in [3.8, 4) is 5.75 Å². The van der Waals surface area contributed by atoms with Crippen LogP contribution in [0.25, 0.3) is 0 Å². The number of halogens is 3. The van der Waals surface area contributed by atoms with Crippen LogP contribution in [0.15, 0.2) is 24.3 Å². The van der Waals surface area contributed by atoms with E-state index in [4.69, 9.17) is 9.47 Å². The van der Waals surface area contributed by atoms with E-state index in [1.54, 1.807) is 24.3 Å². The number of alkyl halides is 3. The third-order valence-electron chi connectivity index (χ3n) is 2.72. The van der Waals surface area contributed by atoms with Gasteiger partial charge in [-0.05, 0) is 12.5 Å². The van der Waals surface area contributed by atoms with Gasteiger partial charge in [0.2, 0.25) is 0 Å². The number of ether oxygens (including phenoxy) is 2. The molecule has 0 saturated carbocycles. The predicted octanol–water partition coefficient (Wildman–Crippen LogP) is 4.51.